The van der Waals surface area contributed by atoms with Gasteiger partial charge in [-0.05, 0) is 29.7 Å². The molecule has 0 saturated carbocycles. The molecule has 0 heterocycles. The quantitative estimate of drug-likeness (QED) is 0.816. The van der Waals surface area contributed by atoms with Gasteiger partial charge in [0.15, 0.2) is 6.73 Å². The first-order valence-electron chi connectivity index (χ1n) is 6.98. The molecule has 4 heteroatoms. The van der Waals surface area contributed by atoms with E-state index in [1.807, 2.05) is 54.6 Å². The fourth-order valence-corrected chi connectivity index (χ4v) is 1.98. The Morgan fingerprint density at radius 3 is 2.43 bits per heavy atom. The number of nitrogens with one attached hydrogen (secondary N) is 2. The van der Waals surface area contributed by atoms with Crippen LogP contribution in [0.1, 0.15) is 25.3 Å². The number of ether oxygens (including phenoxy) is 1. The van der Waals surface area contributed by atoms with E-state index in [0.717, 1.165) is 17.0 Å². The number of para-hydroxylation sites is 2. The predicted molar refractivity (Wildman–Crippen MR) is 84.6 cm³/mol. The van der Waals surface area contributed by atoms with Gasteiger partial charge in [-0.25, -0.2) is 4.79 Å². The molecule has 21 heavy (non-hydrogen) atoms. The maximum Gasteiger partial charge on any atom is 0.321 e. The highest BCUT2D eigenvalue weighted by atomic mass is 16.5. The molecule has 2 rings (SSSR count). The lowest BCUT2D eigenvalue weighted by Gasteiger charge is -2.14. The van der Waals surface area contributed by atoms with Crippen molar-refractivity contribution in [2.45, 2.75) is 19.8 Å². The summed E-state index contributed by atoms with van der Waals surface area (Å²) in [6.07, 6.45) is 0. The monoisotopic (exact) mass is 284 g/mol. The van der Waals surface area contributed by atoms with Crippen LogP contribution in [0.2, 0.25) is 0 Å². The lowest BCUT2D eigenvalue weighted by atomic mass is 10.0. The molecular weight excluding hydrogens is 264 g/mol. The van der Waals surface area contributed by atoms with Crippen LogP contribution in [0, 0.1) is 0 Å². The Morgan fingerprint density at radius 2 is 1.71 bits per heavy atom. The zero-order valence-corrected chi connectivity index (χ0v) is 12.3. The highest BCUT2D eigenvalue weighted by Crippen LogP contribution is 2.23. The van der Waals surface area contributed by atoms with Gasteiger partial charge in [0.25, 0.3) is 0 Å². The first-order valence-corrected chi connectivity index (χ1v) is 6.98. The molecule has 0 fully saturated rings. The van der Waals surface area contributed by atoms with Crippen LogP contribution in [0.5, 0.6) is 5.75 Å². The van der Waals surface area contributed by atoms with E-state index in [9.17, 15) is 4.79 Å². The van der Waals surface area contributed by atoms with E-state index in [1.165, 1.54) is 0 Å². The molecular formula is C17H20N2O2. The van der Waals surface area contributed by atoms with E-state index in [1.54, 1.807) is 0 Å². The minimum Gasteiger partial charge on any atom is -0.473 e. The molecule has 0 spiro atoms. The van der Waals surface area contributed by atoms with Gasteiger partial charge in [0.1, 0.15) is 5.75 Å². The molecule has 0 aromatic heterocycles. The van der Waals surface area contributed by atoms with Crippen LogP contribution in [0.4, 0.5) is 10.5 Å². The Morgan fingerprint density at radius 1 is 1.05 bits per heavy atom. The average Bonchev–Trinajstić information content (AvgIpc) is 2.48. The third-order valence-corrected chi connectivity index (χ3v) is 3.05. The van der Waals surface area contributed by atoms with Crippen molar-refractivity contribution in [2.24, 2.45) is 0 Å². The van der Waals surface area contributed by atoms with Gasteiger partial charge in [0, 0.05) is 5.69 Å². The summed E-state index contributed by atoms with van der Waals surface area (Å²) in [4.78, 5) is 11.9. The van der Waals surface area contributed by atoms with E-state index in [0.29, 0.717) is 5.92 Å². The molecule has 0 radical (unpaired) electrons. The Balaban J connectivity index is 1.85. The highest BCUT2D eigenvalue weighted by Gasteiger charge is 2.08. The Bertz CT molecular complexity index is 582. The second-order valence-electron chi connectivity index (χ2n) is 4.97. The van der Waals surface area contributed by atoms with Crippen LogP contribution in [0.25, 0.3) is 0 Å². The summed E-state index contributed by atoms with van der Waals surface area (Å²) in [5.41, 5.74) is 1.93. The third kappa shape index (κ3) is 4.53. The molecule has 0 saturated heterocycles. The topological polar surface area (TPSA) is 50.4 Å². The number of benzene rings is 2. The van der Waals surface area contributed by atoms with E-state index < -0.39 is 0 Å². The molecule has 2 aromatic rings. The van der Waals surface area contributed by atoms with Gasteiger partial charge in [0.05, 0.1) is 0 Å². The van der Waals surface area contributed by atoms with Gasteiger partial charge in [-0.3, -0.25) is 0 Å². The molecule has 0 unspecified atom stereocenters. The first kappa shape index (κ1) is 14.9. The molecule has 0 aliphatic rings. The molecule has 4 nitrogen and oxygen atoms in total. The number of hydrogen-bond acceptors (Lipinski definition) is 2. The molecule has 2 amide bonds. The minimum atomic E-state index is -0.279. The second kappa shape index (κ2) is 7.33. The molecule has 110 valence electrons. The highest BCUT2D eigenvalue weighted by molar-refractivity contribution is 5.90. The maximum absolute atomic E-state index is 11.9. The number of rotatable bonds is 5. The van der Waals surface area contributed by atoms with E-state index >= 15 is 0 Å². The third-order valence-electron chi connectivity index (χ3n) is 3.05. The van der Waals surface area contributed by atoms with Crippen LogP contribution in [-0.4, -0.2) is 12.8 Å². The van der Waals surface area contributed by atoms with Crippen molar-refractivity contribution in [3.63, 3.8) is 0 Å². The molecule has 2 aromatic carbocycles. The lowest BCUT2D eigenvalue weighted by molar-refractivity contribution is 0.234. The number of urea groups is 1. The predicted octanol–water partition coefficient (Wildman–Crippen LogP) is 3.97. The van der Waals surface area contributed by atoms with Crippen molar-refractivity contribution in [2.75, 3.05) is 12.0 Å². The molecule has 0 aliphatic heterocycles. The van der Waals surface area contributed by atoms with Gasteiger partial charge >= 0.3 is 6.03 Å². The van der Waals surface area contributed by atoms with Crippen molar-refractivity contribution < 1.29 is 9.53 Å². The second-order valence-corrected chi connectivity index (χ2v) is 4.97. The standard InChI is InChI=1S/C17H20N2O2/c1-13(2)15-10-6-7-11-16(15)19-17(20)18-12-21-14-8-4-3-5-9-14/h3-11,13H,12H2,1-2H3,(H2,18,19,20). The summed E-state index contributed by atoms with van der Waals surface area (Å²) < 4.78 is 5.42. The summed E-state index contributed by atoms with van der Waals surface area (Å²) in [5, 5.41) is 5.52. The van der Waals surface area contributed by atoms with Crippen LogP contribution in [-0.2, 0) is 0 Å². The van der Waals surface area contributed by atoms with Crippen molar-refractivity contribution in [1.29, 1.82) is 0 Å². The van der Waals surface area contributed by atoms with Crippen molar-refractivity contribution in [3.8, 4) is 5.75 Å². The van der Waals surface area contributed by atoms with Crippen LogP contribution < -0.4 is 15.4 Å². The van der Waals surface area contributed by atoms with Gasteiger partial charge in [-0.1, -0.05) is 50.2 Å². The van der Waals surface area contributed by atoms with E-state index in [2.05, 4.69) is 24.5 Å². The number of hydrogen-bond donors (Lipinski definition) is 2. The van der Waals surface area contributed by atoms with Crippen molar-refractivity contribution >= 4 is 11.7 Å². The minimum absolute atomic E-state index is 0.125. The zero-order chi connectivity index (χ0) is 15.1. The average molecular weight is 284 g/mol. The molecule has 0 aliphatic carbocycles. The van der Waals surface area contributed by atoms with Crippen LogP contribution in [0.15, 0.2) is 54.6 Å². The summed E-state index contributed by atoms with van der Waals surface area (Å²) in [6.45, 7) is 4.31. The summed E-state index contributed by atoms with van der Waals surface area (Å²) >= 11 is 0. The SMILES string of the molecule is CC(C)c1ccccc1NC(=O)NCOc1ccccc1. The van der Waals surface area contributed by atoms with Gasteiger partial charge in [-0.2, -0.15) is 0 Å². The fraction of sp³-hybridized carbons (Fsp3) is 0.235. The van der Waals surface area contributed by atoms with Crippen LogP contribution >= 0.6 is 0 Å². The number of carbonyl (C=O) groups is 1. The zero-order valence-electron chi connectivity index (χ0n) is 12.3. The van der Waals surface area contributed by atoms with Crippen molar-refractivity contribution in [3.05, 3.63) is 60.2 Å². The number of anilines is 1. The van der Waals surface area contributed by atoms with Gasteiger partial charge in [-0.15, -0.1) is 0 Å². The van der Waals surface area contributed by atoms with E-state index in [-0.39, 0.29) is 12.8 Å². The largest absolute Gasteiger partial charge is 0.473 e. The Kier molecular flexibility index (Phi) is 5.21. The normalized spacial score (nSPS) is 10.2. The van der Waals surface area contributed by atoms with Crippen LogP contribution in [0.3, 0.4) is 0 Å². The summed E-state index contributed by atoms with van der Waals surface area (Å²) in [5.74, 6) is 1.07. The molecule has 2 N–H and O–H groups in total. The van der Waals surface area contributed by atoms with Crippen molar-refractivity contribution in [1.82, 2.24) is 5.32 Å². The van der Waals surface area contributed by atoms with E-state index in [4.69, 9.17) is 4.74 Å². The van der Waals surface area contributed by atoms with Gasteiger partial charge < -0.3 is 15.4 Å². The summed E-state index contributed by atoms with van der Waals surface area (Å²) in [6, 6.07) is 16.9. The first-order chi connectivity index (χ1) is 10.2. The lowest BCUT2D eigenvalue weighted by Crippen LogP contribution is -2.32. The fourth-order valence-electron chi connectivity index (χ4n) is 1.98. The molecule has 0 bridgehead atoms. The smallest absolute Gasteiger partial charge is 0.321 e. The number of amides is 2. The number of carbonyl (C=O) groups excluding carboxylic acids is 1. The molecule has 0 atom stereocenters. The Labute approximate surface area is 125 Å². The maximum atomic E-state index is 11.9. The Hall–Kier alpha value is -2.49. The summed E-state index contributed by atoms with van der Waals surface area (Å²) in [7, 11) is 0. The van der Waals surface area contributed by atoms with Gasteiger partial charge in [0.2, 0.25) is 0 Å².